The molecule has 0 aliphatic carbocycles. The summed E-state index contributed by atoms with van der Waals surface area (Å²) in [7, 11) is 0. The Labute approximate surface area is 105 Å². The quantitative estimate of drug-likeness (QED) is 0.776. The Balaban J connectivity index is 2.96. The minimum absolute atomic E-state index is 0.498. The van der Waals surface area contributed by atoms with Crippen molar-refractivity contribution in [1.29, 1.82) is 0 Å². The fraction of sp³-hybridized carbons (Fsp3) is 0.417. The molecule has 1 rings (SSSR count). The summed E-state index contributed by atoms with van der Waals surface area (Å²) in [6.45, 7) is 5.11. The molecule has 0 fully saturated rings. The first-order valence-electron chi connectivity index (χ1n) is 5.56. The average molecular weight is 252 g/mol. The number of carbonyl (C=O) groups excluding carboxylic acids is 2. The van der Waals surface area contributed by atoms with Gasteiger partial charge in [0.1, 0.15) is 0 Å². The summed E-state index contributed by atoms with van der Waals surface area (Å²) < 4.78 is 0. The first-order chi connectivity index (χ1) is 8.31. The van der Waals surface area contributed by atoms with Crippen molar-refractivity contribution in [3.05, 3.63) is 24.6 Å². The third-order valence-electron chi connectivity index (χ3n) is 2.89. The Morgan fingerprint density at radius 3 is 2.06 bits per heavy atom. The molecule has 0 atom stereocenters. The number of ketones is 1. The first-order valence-corrected chi connectivity index (χ1v) is 5.56. The van der Waals surface area contributed by atoms with Gasteiger partial charge in [-0.25, -0.2) is 9.80 Å². The van der Waals surface area contributed by atoms with Crippen molar-refractivity contribution in [3.8, 4) is 0 Å². The van der Waals surface area contributed by atoms with Gasteiger partial charge < -0.3 is 5.11 Å². The molecule has 1 aliphatic rings. The molecule has 0 aromatic heterocycles. The van der Waals surface area contributed by atoms with Crippen LogP contribution in [-0.2, 0) is 9.59 Å². The van der Waals surface area contributed by atoms with Crippen molar-refractivity contribution in [3.63, 3.8) is 0 Å². The SMILES string of the molecule is CCC(C)(C)C(=O)C(=O)N1C=CC=CN1C(=O)O. The van der Waals surface area contributed by atoms with Gasteiger partial charge in [0.15, 0.2) is 0 Å². The highest BCUT2D eigenvalue weighted by Crippen LogP contribution is 2.23. The van der Waals surface area contributed by atoms with E-state index in [2.05, 4.69) is 0 Å². The lowest BCUT2D eigenvalue weighted by molar-refractivity contribution is -0.153. The highest BCUT2D eigenvalue weighted by Gasteiger charge is 2.36. The van der Waals surface area contributed by atoms with Gasteiger partial charge in [-0.2, -0.15) is 5.01 Å². The molecule has 18 heavy (non-hydrogen) atoms. The summed E-state index contributed by atoms with van der Waals surface area (Å²) in [6, 6.07) is 0. The maximum Gasteiger partial charge on any atom is 0.430 e. The molecule has 0 saturated heterocycles. The van der Waals surface area contributed by atoms with Crippen LogP contribution in [0.2, 0.25) is 0 Å². The zero-order valence-corrected chi connectivity index (χ0v) is 10.6. The van der Waals surface area contributed by atoms with E-state index < -0.39 is 23.2 Å². The second kappa shape index (κ2) is 5.03. The standard InChI is InChI=1S/C12H16N2O4/c1-4-12(2,3)9(15)10(16)13-7-5-6-8-14(13)11(17)18/h5-8H,4H2,1-3H3,(H,17,18). The molecule has 6 heteroatoms. The number of carbonyl (C=O) groups is 3. The molecule has 0 unspecified atom stereocenters. The van der Waals surface area contributed by atoms with E-state index in [-0.39, 0.29) is 0 Å². The van der Waals surface area contributed by atoms with Crippen molar-refractivity contribution >= 4 is 17.8 Å². The number of hydrogen-bond acceptors (Lipinski definition) is 3. The summed E-state index contributed by atoms with van der Waals surface area (Å²) in [4.78, 5) is 34.9. The zero-order chi connectivity index (χ0) is 13.9. The molecule has 0 saturated carbocycles. The molecule has 1 N–H and O–H groups in total. The molecule has 6 nitrogen and oxygen atoms in total. The van der Waals surface area contributed by atoms with Crippen molar-refractivity contribution in [2.24, 2.45) is 5.41 Å². The van der Waals surface area contributed by atoms with Crippen molar-refractivity contribution in [2.45, 2.75) is 27.2 Å². The van der Waals surface area contributed by atoms with Gasteiger partial charge in [0.25, 0.3) is 0 Å². The number of Topliss-reactive ketones (excluding diaryl/α,β-unsaturated/α-hetero) is 1. The van der Waals surface area contributed by atoms with Crippen molar-refractivity contribution in [2.75, 3.05) is 0 Å². The fourth-order valence-corrected chi connectivity index (χ4v) is 1.28. The number of hydrazine groups is 1. The second-order valence-corrected chi connectivity index (χ2v) is 4.53. The molecule has 0 bridgehead atoms. The highest BCUT2D eigenvalue weighted by atomic mass is 16.4. The zero-order valence-electron chi connectivity index (χ0n) is 10.6. The van der Waals surface area contributed by atoms with Crippen LogP contribution in [0, 0.1) is 5.41 Å². The number of allylic oxidation sites excluding steroid dienone is 2. The normalized spacial score (nSPS) is 14.8. The van der Waals surface area contributed by atoms with Crippen LogP contribution in [0.5, 0.6) is 0 Å². The first kappa shape index (κ1) is 14.0. The largest absolute Gasteiger partial charge is 0.463 e. The summed E-state index contributed by atoms with van der Waals surface area (Å²) >= 11 is 0. The van der Waals surface area contributed by atoms with Crippen molar-refractivity contribution < 1.29 is 19.5 Å². The van der Waals surface area contributed by atoms with Crippen LogP contribution in [0.15, 0.2) is 24.6 Å². The minimum atomic E-state index is -1.33. The summed E-state index contributed by atoms with van der Waals surface area (Å²) in [5.41, 5.74) is -0.809. The number of nitrogens with zero attached hydrogens (tertiary/aromatic N) is 2. The molecular weight excluding hydrogens is 236 g/mol. The number of carboxylic acid groups (broad SMARTS) is 1. The summed E-state index contributed by atoms with van der Waals surface area (Å²) in [6.07, 6.45) is 4.58. The van der Waals surface area contributed by atoms with Crippen LogP contribution in [-0.4, -0.2) is 32.9 Å². The highest BCUT2D eigenvalue weighted by molar-refractivity contribution is 6.38. The number of hydrogen-bond donors (Lipinski definition) is 1. The van der Waals surface area contributed by atoms with E-state index in [9.17, 15) is 14.4 Å². The van der Waals surface area contributed by atoms with Gasteiger partial charge in [-0.05, 0) is 18.6 Å². The molecule has 1 aliphatic heterocycles. The average Bonchev–Trinajstić information content (AvgIpc) is 2.36. The summed E-state index contributed by atoms with van der Waals surface area (Å²) in [5.74, 6) is -1.47. The molecule has 0 radical (unpaired) electrons. The molecule has 0 spiro atoms. The van der Waals surface area contributed by atoms with Gasteiger partial charge >= 0.3 is 12.0 Å². The maximum absolute atomic E-state index is 12.0. The number of rotatable bonds is 3. The Kier molecular flexibility index (Phi) is 3.90. The second-order valence-electron chi connectivity index (χ2n) is 4.53. The van der Waals surface area contributed by atoms with E-state index in [1.54, 1.807) is 20.8 Å². The van der Waals surface area contributed by atoms with Gasteiger partial charge in [-0.3, -0.25) is 9.59 Å². The van der Waals surface area contributed by atoms with Crippen LogP contribution in [0.1, 0.15) is 27.2 Å². The van der Waals surface area contributed by atoms with E-state index in [1.807, 2.05) is 0 Å². The van der Waals surface area contributed by atoms with Crippen LogP contribution in [0.25, 0.3) is 0 Å². The molecule has 0 aromatic carbocycles. The molecule has 1 heterocycles. The summed E-state index contributed by atoms with van der Waals surface area (Å²) in [5, 5.41) is 10.4. The Morgan fingerprint density at radius 1 is 1.11 bits per heavy atom. The van der Waals surface area contributed by atoms with E-state index >= 15 is 0 Å². The third kappa shape index (κ3) is 2.58. The molecule has 98 valence electrons. The van der Waals surface area contributed by atoms with E-state index in [4.69, 9.17) is 5.11 Å². The molecule has 2 amide bonds. The van der Waals surface area contributed by atoms with Crippen LogP contribution >= 0.6 is 0 Å². The van der Waals surface area contributed by atoms with E-state index in [0.29, 0.717) is 11.4 Å². The predicted molar refractivity (Wildman–Crippen MR) is 64.1 cm³/mol. The van der Waals surface area contributed by atoms with E-state index in [1.165, 1.54) is 24.6 Å². The monoisotopic (exact) mass is 252 g/mol. The smallest absolute Gasteiger partial charge is 0.430 e. The van der Waals surface area contributed by atoms with Gasteiger partial charge in [0.2, 0.25) is 5.78 Å². The van der Waals surface area contributed by atoms with Crippen LogP contribution in [0.4, 0.5) is 4.79 Å². The van der Waals surface area contributed by atoms with Crippen molar-refractivity contribution in [1.82, 2.24) is 10.0 Å². The molecule has 0 aromatic rings. The minimum Gasteiger partial charge on any atom is -0.463 e. The maximum atomic E-state index is 12.0. The Morgan fingerprint density at radius 2 is 1.61 bits per heavy atom. The Bertz CT molecular complexity index is 437. The van der Waals surface area contributed by atoms with Crippen LogP contribution < -0.4 is 0 Å². The third-order valence-corrected chi connectivity index (χ3v) is 2.89. The lowest BCUT2D eigenvalue weighted by atomic mass is 9.85. The lowest BCUT2D eigenvalue weighted by Crippen LogP contribution is -2.49. The van der Waals surface area contributed by atoms with Gasteiger partial charge in [-0.1, -0.05) is 20.8 Å². The van der Waals surface area contributed by atoms with Gasteiger partial charge in [0.05, 0.1) is 0 Å². The lowest BCUT2D eigenvalue weighted by Gasteiger charge is -2.30. The van der Waals surface area contributed by atoms with Gasteiger partial charge in [-0.15, -0.1) is 0 Å². The molecular formula is C12H16N2O4. The van der Waals surface area contributed by atoms with E-state index in [0.717, 1.165) is 5.01 Å². The van der Waals surface area contributed by atoms with Crippen LogP contribution in [0.3, 0.4) is 0 Å². The van der Waals surface area contributed by atoms with Gasteiger partial charge in [0, 0.05) is 17.8 Å². The Hall–Kier alpha value is -2.11. The number of amides is 2. The topological polar surface area (TPSA) is 77.9 Å². The fourth-order valence-electron chi connectivity index (χ4n) is 1.28. The predicted octanol–water partition coefficient (Wildman–Crippen LogP) is 1.76.